The lowest BCUT2D eigenvalue weighted by atomic mass is 10.1. The molecule has 160 valence electrons. The molecule has 0 saturated carbocycles. The molecule has 2 aromatic carbocycles. The molecule has 3 aromatic rings. The molecule has 1 amide bonds. The molecule has 1 aliphatic rings. The Morgan fingerprint density at radius 3 is 2.65 bits per heavy atom. The number of ether oxygens (including phenoxy) is 1. The molecule has 0 bridgehead atoms. The third-order valence-electron chi connectivity index (χ3n) is 5.05. The van der Waals surface area contributed by atoms with E-state index in [1.165, 1.54) is 24.5 Å². The minimum atomic E-state index is -0.445. The summed E-state index contributed by atoms with van der Waals surface area (Å²) in [6.45, 7) is 3.69. The second kappa shape index (κ2) is 9.08. The Balaban J connectivity index is 1.46. The number of anilines is 1. The van der Waals surface area contributed by atoms with E-state index < -0.39 is 5.82 Å². The number of rotatable bonds is 4. The standard InChI is InChI=1S/C22H19Cl2FN4O2/c1-14-12-28(8-9-29(14)22(30)16-4-2-3-5-17(16)23)20-11-21(27-13-26-20)31-19-7-6-15(25)10-18(19)24/h2-7,10-11,13-14H,8-9,12H2,1H3/t14-/m0/s1. The lowest BCUT2D eigenvalue weighted by Gasteiger charge is -2.40. The van der Waals surface area contributed by atoms with Crippen LogP contribution in [0.3, 0.4) is 0 Å². The summed E-state index contributed by atoms with van der Waals surface area (Å²) in [6, 6.07) is 12.6. The van der Waals surface area contributed by atoms with Gasteiger partial charge in [0, 0.05) is 31.7 Å². The summed E-state index contributed by atoms with van der Waals surface area (Å²) in [5.41, 5.74) is 0.498. The number of nitrogens with zero attached hydrogens (tertiary/aromatic N) is 4. The van der Waals surface area contributed by atoms with Crippen LogP contribution in [0.1, 0.15) is 17.3 Å². The first-order valence-corrected chi connectivity index (χ1v) is 10.4. The van der Waals surface area contributed by atoms with Gasteiger partial charge in [-0.25, -0.2) is 14.4 Å². The van der Waals surface area contributed by atoms with Crippen molar-refractivity contribution in [2.75, 3.05) is 24.5 Å². The molecule has 0 radical (unpaired) electrons. The first-order chi connectivity index (χ1) is 14.9. The van der Waals surface area contributed by atoms with Gasteiger partial charge in [0.1, 0.15) is 23.7 Å². The Labute approximate surface area is 189 Å². The van der Waals surface area contributed by atoms with Crippen LogP contribution in [0, 0.1) is 5.82 Å². The molecule has 31 heavy (non-hydrogen) atoms. The zero-order valence-electron chi connectivity index (χ0n) is 16.6. The molecule has 1 aliphatic heterocycles. The van der Waals surface area contributed by atoms with Crippen LogP contribution in [-0.4, -0.2) is 46.5 Å². The molecule has 4 rings (SSSR count). The lowest BCUT2D eigenvalue weighted by molar-refractivity contribution is 0.0674. The SMILES string of the molecule is C[C@H]1CN(c2cc(Oc3ccc(F)cc3Cl)ncn2)CCN1C(=O)c1ccccc1Cl. The fourth-order valence-electron chi connectivity index (χ4n) is 3.49. The number of halogens is 3. The van der Waals surface area contributed by atoms with Crippen molar-refractivity contribution in [3.8, 4) is 11.6 Å². The fraction of sp³-hybridized carbons (Fsp3) is 0.227. The van der Waals surface area contributed by atoms with Gasteiger partial charge >= 0.3 is 0 Å². The van der Waals surface area contributed by atoms with E-state index in [1.54, 1.807) is 30.3 Å². The first kappa shape index (κ1) is 21.3. The third kappa shape index (κ3) is 4.73. The number of aromatic nitrogens is 2. The molecule has 2 heterocycles. The van der Waals surface area contributed by atoms with Crippen molar-refractivity contribution < 1.29 is 13.9 Å². The normalized spacial score (nSPS) is 16.3. The minimum Gasteiger partial charge on any atom is -0.437 e. The molecule has 1 saturated heterocycles. The van der Waals surface area contributed by atoms with E-state index in [9.17, 15) is 9.18 Å². The number of hydrogen-bond donors (Lipinski definition) is 0. The van der Waals surface area contributed by atoms with Crippen LogP contribution in [0.5, 0.6) is 11.6 Å². The minimum absolute atomic E-state index is 0.0524. The molecule has 1 aromatic heterocycles. The number of benzene rings is 2. The van der Waals surface area contributed by atoms with E-state index in [-0.39, 0.29) is 17.0 Å². The van der Waals surface area contributed by atoms with Gasteiger partial charge in [0.25, 0.3) is 5.91 Å². The van der Waals surface area contributed by atoms with E-state index in [1.807, 2.05) is 11.8 Å². The predicted molar refractivity (Wildman–Crippen MR) is 118 cm³/mol. The summed E-state index contributed by atoms with van der Waals surface area (Å²) in [7, 11) is 0. The maximum atomic E-state index is 13.2. The number of carbonyl (C=O) groups excluding carboxylic acids is 1. The van der Waals surface area contributed by atoms with Crippen LogP contribution in [0.15, 0.2) is 54.9 Å². The average Bonchev–Trinajstić information content (AvgIpc) is 2.76. The van der Waals surface area contributed by atoms with E-state index in [4.69, 9.17) is 27.9 Å². The van der Waals surface area contributed by atoms with Crippen LogP contribution in [0.2, 0.25) is 10.0 Å². The first-order valence-electron chi connectivity index (χ1n) is 9.68. The van der Waals surface area contributed by atoms with Crippen LogP contribution in [0.4, 0.5) is 10.2 Å². The third-order valence-corrected chi connectivity index (χ3v) is 5.68. The highest BCUT2D eigenvalue weighted by Crippen LogP contribution is 2.30. The smallest absolute Gasteiger partial charge is 0.255 e. The van der Waals surface area contributed by atoms with Gasteiger partial charge in [-0.2, -0.15) is 0 Å². The van der Waals surface area contributed by atoms with Crippen molar-refractivity contribution in [1.82, 2.24) is 14.9 Å². The molecule has 9 heteroatoms. The zero-order chi connectivity index (χ0) is 22.0. The Kier molecular flexibility index (Phi) is 6.25. The molecule has 1 atom stereocenters. The monoisotopic (exact) mass is 460 g/mol. The van der Waals surface area contributed by atoms with Crippen LogP contribution in [-0.2, 0) is 0 Å². The maximum absolute atomic E-state index is 13.2. The molecule has 0 aliphatic carbocycles. The molecule has 0 N–H and O–H groups in total. The molecule has 6 nitrogen and oxygen atoms in total. The largest absolute Gasteiger partial charge is 0.437 e. The molecule has 0 spiro atoms. The van der Waals surface area contributed by atoms with Gasteiger partial charge in [0.05, 0.1) is 15.6 Å². The summed E-state index contributed by atoms with van der Waals surface area (Å²) < 4.78 is 18.9. The fourth-order valence-corrected chi connectivity index (χ4v) is 3.91. The Hall–Kier alpha value is -2.90. The summed E-state index contributed by atoms with van der Waals surface area (Å²) >= 11 is 12.2. The van der Waals surface area contributed by atoms with Crippen molar-refractivity contribution in [2.45, 2.75) is 13.0 Å². The Bertz CT molecular complexity index is 1110. The quantitative estimate of drug-likeness (QED) is 0.544. The van der Waals surface area contributed by atoms with Gasteiger partial charge in [-0.15, -0.1) is 0 Å². The average molecular weight is 461 g/mol. The lowest BCUT2D eigenvalue weighted by Crippen LogP contribution is -2.54. The molecule has 0 unspecified atom stereocenters. The molecular formula is C22H19Cl2FN4O2. The van der Waals surface area contributed by atoms with Crippen molar-refractivity contribution in [1.29, 1.82) is 0 Å². The van der Waals surface area contributed by atoms with Gasteiger partial charge in [-0.05, 0) is 37.3 Å². The van der Waals surface area contributed by atoms with Gasteiger partial charge in [0.15, 0.2) is 0 Å². The highest BCUT2D eigenvalue weighted by Gasteiger charge is 2.29. The Morgan fingerprint density at radius 2 is 1.90 bits per heavy atom. The second-order valence-corrected chi connectivity index (χ2v) is 7.98. The number of hydrogen-bond acceptors (Lipinski definition) is 5. The summed E-state index contributed by atoms with van der Waals surface area (Å²) in [4.78, 5) is 25.2. The van der Waals surface area contributed by atoms with Crippen molar-refractivity contribution >= 4 is 34.9 Å². The summed E-state index contributed by atoms with van der Waals surface area (Å²) in [6.07, 6.45) is 1.40. The maximum Gasteiger partial charge on any atom is 0.255 e. The van der Waals surface area contributed by atoms with Gasteiger partial charge < -0.3 is 14.5 Å². The van der Waals surface area contributed by atoms with Crippen LogP contribution >= 0.6 is 23.2 Å². The van der Waals surface area contributed by atoms with Gasteiger partial charge in [-0.3, -0.25) is 4.79 Å². The second-order valence-electron chi connectivity index (χ2n) is 7.16. The van der Waals surface area contributed by atoms with Crippen LogP contribution < -0.4 is 9.64 Å². The van der Waals surface area contributed by atoms with Gasteiger partial charge in [-0.1, -0.05) is 35.3 Å². The number of piperazine rings is 1. The highest BCUT2D eigenvalue weighted by molar-refractivity contribution is 6.33. The summed E-state index contributed by atoms with van der Waals surface area (Å²) in [5.74, 6) is 0.728. The molecule has 1 fully saturated rings. The summed E-state index contributed by atoms with van der Waals surface area (Å²) in [5, 5.41) is 0.597. The predicted octanol–water partition coefficient (Wildman–Crippen LogP) is 5.07. The zero-order valence-corrected chi connectivity index (χ0v) is 18.1. The molecular weight excluding hydrogens is 442 g/mol. The Morgan fingerprint density at radius 1 is 1.10 bits per heavy atom. The van der Waals surface area contributed by atoms with Crippen LogP contribution in [0.25, 0.3) is 0 Å². The van der Waals surface area contributed by atoms with Crippen molar-refractivity contribution in [2.24, 2.45) is 0 Å². The number of amides is 1. The van der Waals surface area contributed by atoms with E-state index in [2.05, 4.69) is 14.9 Å². The van der Waals surface area contributed by atoms with Gasteiger partial charge in [0.2, 0.25) is 5.88 Å². The number of carbonyl (C=O) groups is 1. The highest BCUT2D eigenvalue weighted by atomic mass is 35.5. The topological polar surface area (TPSA) is 58.6 Å². The van der Waals surface area contributed by atoms with E-state index in [0.717, 1.165) is 0 Å². The van der Waals surface area contributed by atoms with E-state index >= 15 is 0 Å². The van der Waals surface area contributed by atoms with E-state index in [0.29, 0.717) is 47.7 Å². The van der Waals surface area contributed by atoms with Crippen molar-refractivity contribution in [3.63, 3.8) is 0 Å². The van der Waals surface area contributed by atoms with Crippen molar-refractivity contribution in [3.05, 3.63) is 76.3 Å².